The van der Waals surface area contributed by atoms with Crippen LogP contribution in [0.2, 0.25) is 0 Å². The minimum atomic E-state index is -4.57. The molecular weight excluding hydrogens is 466 g/mol. The number of rotatable bonds is 4. The topological polar surface area (TPSA) is 111 Å². The van der Waals surface area contributed by atoms with Gasteiger partial charge < -0.3 is 15.7 Å². The number of aliphatic hydroxyl groups excluding tert-OH is 1. The van der Waals surface area contributed by atoms with E-state index in [2.05, 4.69) is 20.6 Å². The summed E-state index contributed by atoms with van der Waals surface area (Å²) in [7, 11) is 0. The molecule has 0 spiro atoms. The van der Waals surface area contributed by atoms with Gasteiger partial charge >= 0.3 is 12.2 Å². The van der Waals surface area contributed by atoms with E-state index in [1.54, 1.807) is 12.1 Å². The summed E-state index contributed by atoms with van der Waals surface area (Å²) in [6, 6.07) is 13.2. The third-order valence-corrected chi connectivity index (χ3v) is 5.00. The summed E-state index contributed by atoms with van der Waals surface area (Å²) in [6.07, 6.45) is -4.63. The number of benzene rings is 3. The van der Waals surface area contributed by atoms with Gasteiger partial charge in [0.25, 0.3) is 0 Å². The SMILES string of the molecule is N#Cc1cnc2ccc(C(O)c3ccc(NC(=O)Nc4cccc(C(F)(F)F)c4)cc3F)cc2n1. The molecule has 0 bridgehead atoms. The van der Waals surface area contributed by atoms with Gasteiger partial charge in [0.2, 0.25) is 0 Å². The van der Waals surface area contributed by atoms with Crippen molar-refractivity contribution in [2.75, 3.05) is 10.6 Å². The molecule has 4 aromatic rings. The molecule has 0 aliphatic rings. The molecular formula is C24H15F4N5O2. The summed E-state index contributed by atoms with van der Waals surface area (Å²) < 4.78 is 53.2. The van der Waals surface area contributed by atoms with E-state index in [4.69, 9.17) is 5.26 Å². The largest absolute Gasteiger partial charge is 0.416 e. The number of halogens is 4. The van der Waals surface area contributed by atoms with E-state index >= 15 is 0 Å². The molecule has 0 saturated carbocycles. The zero-order chi connectivity index (χ0) is 25.2. The van der Waals surface area contributed by atoms with Crippen LogP contribution in [-0.2, 0) is 6.18 Å². The first-order valence-electron chi connectivity index (χ1n) is 10.0. The number of anilines is 2. The van der Waals surface area contributed by atoms with Gasteiger partial charge in [0.05, 0.1) is 22.8 Å². The van der Waals surface area contributed by atoms with Gasteiger partial charge in [-0.3, -0.25) is 4.98 Å². The van der Waals surface area contributed by atoms with Crippen LogP contribution in [0.4, 0.5) is 33.7 Å². The van der Waals surface area contributed by atoms with E-state index < -0.39 is 29.7 Å². The molecule has 176 valence electrons. The van der Waals surface area contributed by atoms with Gasteiger partial charge in [0.1, 0.15) is 18.0 Å². The van der Waals surface area contributed by atoms with E-state index in [-0.39, 0.29) is 22.6 Å². The van der Waals surface area contributed by atoms with Crippen molar-refractivity contribution in [1.82, 2.24) is 9.97 Å². The maximum atomic E-state index is 14.8. The maximum absolute atomic E-state index is 14.8. The number of nitrogens with one attached hydrogen (secondary N) is 2. The number of amides is 2. The fourth-order valence-electron chi connectivity index (χ4n) is 3.33. The number of carbonyl (C=O) groups is 1. The normalized spacial score (nSPS) is 12.1. The summed E-state index contributed by atoms with van der Waals surface area (Å²) in [5.74, 6) is -0.827. The molecule has 3 aromatic carbocycles. The number of nitriles is 1. The van der Waals surface area contributed by atoms with Crippen LogP contribution in [0, 0.1) is 17.1 Å². The third-order valence-electron chi connectivity index (χ3n) is 5.00. The van der Waals surface area contributed by atoms with Crippen molar-refractivity contribution in [2.45, 2.75) is 12.3 Å². The quantitative estimate of drug-likeness (QED) is 0.339. The number of nitrogens with zero attached hydrogens (tertiary/aromatic N) is 3. The van der Waals surface area contributed by atoms with Gasteiger partial charge in [0, 0.05) is 16.9 Å². The highest BCUT2D eigenvalue weighted by molar-refractivity contribution is 5.99. The molecule has 0 radical (unpaired) electrons. The minimum Gasteiger partial charge on any atom is -0.384 e. The van der Waals surface area contributed by atoms with Crippen LogP contribution in [0.1, 0.15) is 28.5 Å². The zero-order valence-corrected chi connectivity index (χ0v) is 17.6. The second kappa shape index (κ2) is 9.36. The van der Waals surface area contributed by atoms with Crippen LogP contribution in [0.5, 0.6) is 0 Å². The van der Waals surface area contributed by atoms with Crippen LogP contribution in [0.3, 0.4) is 0 Å². The average Bonchev–Trinajstić information content (AvgIpc) is 2.82. The molecule has 7 nitrogen and oxygen atoms in total. The standard InChI is InChI=1S/C24H15F4N5O2/c25-19-10-16(33-23(35)32-15-3-1-2-14(9-15)24(26,27)28)5-6-18(19)22(34)13-4-7-20-21(8-13)31-17(11-29)12-30-20/h1-10,12,22,34H,(H2,32,33,35). The molecule has 3 N–H and O–H groups in total. The first-order valence-corrected chi connectivity index (χ1v) is 10.0. The van der Waals surface area contributed by atoms with Crippen LogP contribution in [-0.4, -0.2) is 21.1 Å². The molecule has 0 aliphatic heterocycles. The third kappa shape index (κ3) is 5.34. The van der Waals surface area contributed by atoms with Crippen LogP contribution >= 0.6 is 0 Å². The Kier molecular flexibility index (Phi) is 6.31. The van der Waals surface area contributed by atoms with Gasteiger partial charge in [-0.05, 0) is 48.0 Å². The molecule has 0 aliphatic carbocycles. The summed E-state index contributed by atoms with van der Waals surface area (Å²) in [5, 5.41) is 24.2. The zero-order valence-electron chi connectivity index (χ0n) is 17.6. The van der Waals surface area contributed by atoms with Crippen LogP contribution in [0.25, 0.3) is 11.0 Å². The number of aliphatic hydroxyl groups is 1. The fraction of sp³-hybridized carbons (Fsp3) is 0.0833. The summed E-state index contributed by atoms with van der Waals surface area (Å²) in [6.45, 7) is 0. The highest BCUT2D eigenvalue weighted by Gasteiger charge is 2.30. The number of alkyl halides is 3. The van der Waals surface area contributed by atoms with E-state index in [1.807, 2.05) is 6.07 Å². The summed E-state index contributed by atoms with van der Waals surface area (Å²) >= 11 is 0. The Morgan fingerprint density at radius 3 is 2.43 bits per heavy atom. The Labute approximate surface area is 195 Å². The molecule has 1 atom stereocenters. The Bertz CT molecular complexity index is 1470. The summed E-state index contributed by atoms with van der Waals surface area (Å²) in [4.78, 5) is 20.4. The van der Waals surface area contributed by atoms with E-state index in [0.717, 1.165) is 24.3 Å². The smallest absolute Gasteiger partial charge is 0.384 e. The lowest BCUT2D eigenvalue weighted by Crippen LogP contribution is -2.20. The minimum absolute atomic E-state index is 0.0194. The van der Waals surface area contributed by atoms with Gasteiger partial charge in [-0.1, -0.05) is 18.2 Å². The number of urea groups is 1. The lowest BCUT2D eigenvalue weighted by Gasteiger charge is -2.15. The Balaban J connectivity index is 1.49. The fourth-order valence-corrected chi connectivity index (χ4v) is 3.33. The van der Waals surface area contributed by atoms with Crippen molar-refractivity contribution in [1.29, 1.82) is 5.26 Å². The van der Waals surface area contributed by atoms with Gasteiger partial charge in [-0.15, -0.1) is 0 Å². The molecule has 1 unspecified atom stereocenters. The predicted octanol–water partition coefficient (Wildman–Crippen LogP) is 5.39. The Morgan fingerprint density at radius 2 is 1.74 bits per heavy atom. The van der Waals surface area contributed by atoms with E-state index in [1.165, 1.54) is 30.5 Å². The van der Waals surface area contributed by atoms with Crippen LogP contribution < -0.4 is 10.6 Å². The lowest BCUT2D eigenvalue weighted by molar-refractivity contribution is -0.137. The maximum Gasteiger partial charge on any atom is 0.416 e. The Hall–Kier alpha value is -4.56. The lowest BCUT2D eigenvalue weighted by atomic mass is 10.00. The number of hydrogen-bond acceptors (Lipinski definition) is 5. The van der Waals surface area contributed by atoms with E-state index in [0.29, 0.717) is 16.6 Å². The highest BCUT2D eigenvalue weighted by Crippen LogP contribution is 2.31. The van der Waals surface area contributed by atoms with Crippen molar-refractivity contribution < 1.29 is 27.5 Å². The molecule has 0 saturated heterocycles. The average molecular weight is 481 g/mol. The van der Waals surface area contributed by atoms with Crippen molar-refractivity contribution in [3.8, 4) is 6.07 Å². The molecule has 11 heteroatoms. The first-order chi connectivity index (χ1) is 16.6. The predicted molar refractivity (Wildman–Crippen MR) is 119 cm³/mol. The number of hydrogen-bond donors (Lipinski definition) is 3. The number of carbonyl (C=O) groups excluding carboxylic acids is 1. The molecule has 35 heavy (non-hydrogen) atoms. The molecule has 0 fully saturated rings. The highest BCUT2D eigenvalue weighted by atomic mass is 19.4. The second-order valence-corrected chi connectivity index (χ2v) is 7.41. The van der Waals surface area contributed by atoms with Crippen molar-refractivity contribution >= 4 is 28.4 Å². The van der Waals surface area contributed by atoms with Crippen molar-refractivity contribution in [3.05, 3.63) is 95.1 Å². The van der Waals surface area contributed by atoms with Crippen molar-refractivity contribution in [2.24, 2.45) is 0 Å². The molecule has 2 amide bonds. The first kappa shape index (κ1) is 23.6. The van der Waals surface area contributed by atoms with Gasteiger partial charge in [0.15, 0.2) is 5.69 Å². The van der Waals surface area contributed by atoms with Crippen LogP contribution in [0.15, 0.2) is 66.9 Å². The number of fused-ring (bicyclic) bond motifs is 1. The molecule has 4 rings (SSSR count). The molecule has 1 heterocycles. The second-order valence-electron chi connectivity index (χ2n) is 7.41. The Morgan fingerprint density at radius 1 is 1.00 bits per heavy atom. The summed E-state index contributed by atoms with van der Waals surface area (Å²) in [5.41, 5.74) is 0.158. The number of aromatic nitrogens is 2. The monoisotopic (exact) mass is 481 g/mol. The van der Waals surface area contributed by atoms with Crippen molar-refractivity contribution in [3.63, 3.8) is 0 Å². The molecule has 1 aromatic heterocycles. The van der Waals surface area contributed by atoms with Gasteiger partial charge in [-0.25, -0.2) is 14.2 Å². The van der Waals surface area contributed by atoms with Gasteiger partial charge in [-0.2, -0.15) is 18.4 Å². The van der Waals surface area contributed by atoms with E-state index in [9.17, 15) is 27.5 Å².